The summed E-state index contributed by atoms with van der Waals surface area (Å²) in [5.74, 6) is 1.18. The minimum Gasteiger partial charge on any atom is -0.405 e. The molecule has 3 rings (SSSR count). The van der Waals surface area contributed by atoms with Crippen LogP contribution in [0.15, 0.2) is 48.4 Å². The van der Waals surface area contributed by atoms with E-state index in [-0.39, 0.29) is 30.6 Å². The first kappa shape index (κ1) is 26.8. The first-order valence-corrected chi connectivity index (χ1v) is 12.9. The lowest BCUT2D eigenvalue weighted by Gasteiger charge is -2.41. The number of benzene rings is 1. The van der Waals surface area contributed by atoms with Gasteiger partial charge in [0.25, 0.3) is 0 Å². The monoisotopic (exact) mass is 495 g/mol. The lowest BCUT2D eigenvalue weighted by molar-refractivity contribution is -0.0135. The normalized spacial score (nSPS) is 26.5. The molecular formula is C25H39F2N5OS. The van der Waals surface area contributed by atoms with Gasteiger partial charge in [-0.15, -0.1) is 0 Å². The fourth-order valence-corrected chi connectivity index (χ4v) is 5.54. The molecule has 1 saturated carbocycles. The van der Waals surface area contributed by atoms with Gasteiger partial charge in [-0.1, -0.05) is 12.1 Å². The number of allylic oxidation sites excluding steroid dienone is 2. The SMILES string of the molecule is CN(CCF)SNC1CCN(/C(N)=C/C=C\N)CC1CO[C@H]1CC[C@@H](c2cccc(F)c2)CC1. The van der Waals surface area contributed by atoms with Gasteiger partial charge in [-0.05, 0) is 81.1 Å². The van der Waals surface area contributed by atoms with Crippen LogP contribution < -0.4 is 16.2 Å². The Balaban J connectivity index is 1.54. The van der Waals surface area contributed by atoms with Crippen molar-refractivity contribution in [3.63, 3.8) is 0 Å². The molecule has 1 aliphatic carbocycles. The van der Waals surface area contributed by atoms with E-state index in [0.29, 0.717) is 24.9 Å². The fraction of sp³-hybridized carbons (Fsp3) is 0.600. The summed E-state index contributed by atoms with van der Waals surface area (Å²) in [7, 11) is 1.88. The second-order valence-electron chi connectivity index (χ2n) is 9.19. The zero-order chi connectivity index (χ0) is 24.3. The van der Waals surface area contributed by atoms with Crippen molar-refractivity contribution in [1.82, 2.24) is 13.9 Å². The van der Waals surface area contributed by atoms with E-state index in [2.05, 4.69) is 9.62 Å². The van der Waals surface area contributed by atoms with Gasteiger partial charge in [0.2, 0.25) is 0 Å². The molecule has 0 spiro atoms. The van der Waals surface area contributed by atoms with E-state index in [1.54, 1.807) is 18.2 Å². The number of nitrogens with zero attached hydrogens (tertiary/aromatic N) is 2. The highest BCUT2D eigenvalue weighted by Gasteiger charge is 2.32. The zero-order valence-corrected chi connectivity index (χ0v) is 20.9. The van der Waals surface area contributed by atoms with E-state index < -0.39 is 0 Å². The molecule has 0 amide bonds. The highest BCUT2D eigenvalue weighted by atomic mass is 32.2. The number of nitrogens with two attached hydrogens (primary N) is 2. The predicted octanol–water partition coefficient (Wildman–Crippen LogP) is 3.89. The maximum absolute atomic E-state index is 13.6. The van der Waals surface area contributed by atoms with Gasteiger partial charge in [0.05, 0.1) is 18.5 Å². The summed E-state index contributed by atoms with van der Waals surface area (Å²) in [5, 5.41) is 0. The third-order valence-corrected chi connectivity index (χ3v) is 7.68. The predicted molar refractivity (Wildman–Crippen MR) is 136 cm³/mol. The number of piperidine rings is 1. The molecule has 5 N–H and O–H groups in total. The summed E-state index contributed by atoms with van der Waals surface area (Å²) < 4.78 is 38.0. The van der Waals surface area contributed by atoms with Gasteiger partial charge in [-0.3, -0.25) is 0 Å². The lowest BCUT2D eigenvalue weighted by Crippen LogP contribution is -2.50. The molecule has 1 aromatic carbocycles. The highest BCUT2D eigenvalue weighted by molar-refractivity contribution is 7.95. The van der Waals surface area contributed by atoms with Gasteiger partial charge in [0.15, 0.2) is 0 Å². The summed E-state index contributed by atoms with van der Waals surface area (Å²) in [6.07, 6.45) is 10.1. The van der Waals surface area contributed by atoms with Crippen molar-refractivity contribution in [3.8, 4) is 0 Å². The van der Waals surface area contributed by atoms with Crippen LogP contribution in [0.1, 0.15) is 43.6 Å². The van der Waals surface area contributed by atoms with Crippen LogP contribution in [0.2, 0.25) is 0 Å². The molecule has 1 aliphatic heterocycles. The van der Waals surface area contributed by atoms with Gasteiger partial charge in [-0.2, -0.15) is 0 Å². The van der Waals surface area contributed by atoms with Crippen LogP contribution in [0.3, 0.4) is 0 Å². The van der Waals surface area contributed by atoms with Crippen LogP contribution >= 0.6 is 12.1 Å². The van der Waals surface area contributed by atoms with Crippen molar-refractivity contribution in [2.24, 2.45) is 17.4 Å². The molecule has 190 valence electrons. The summed E-state index contributed by atoms with van der Waals surface area (Å²) in [5.41, 5.74) is 12.8. The van der Waals surface area contributed by atoms with Crippen molar-refractivity contribution < 1.29 is 13.5 Å². The maximum atomic E-state index is 13.6. The van der Waals surface area contributed by atoms with E-state index in [9.17, 15) is 8.78 Å². The van der Waals surface area contributed by atoms with Crippen LogP contribution in [0.25, 0.3) is 0 Å². The highest BCUT2D eigenvalue weighted by Crippen LogP contribution is 2.34. The molecule has 0 radical (unpaired) electrons. The van der Waals surface area contributed by atoms with E-state index in [1.807, 2.05) is 23.5 Å². The van der Waals surface area contributed by atoms with E-state index in [0.717, 1.165) is 50.8 Å². The Kier molecular flexibility index (Phi) is 11.0. The number of rotatable bonds is 11. The minimum atomic E-state index is -0.371. The fourth-order valence-electron chi connectivity index (χ4n) is 4.76. The number of halogens is 2. The first-order chi connectivity index (χ1) is 16.5. The minimum absolute atomic E-state index is 0.165. The molecule has 2 atom stereocenters. The third kappa shape index (κ3) is 8.15. The van der Waals surface area contributed by atoms with Gasteiger partial charge in [-0.25, -0.2) is 17.8 Å². The molecule has 9 heteroatoms. The summed E-state index contributed by atoms with van der Waals surface area (Å²) in [4.78, 5) is 2.17. The number of ether oxygens (including phenoxy) is 1. The molecule has 0 bridgehead atoms. The number of hydrogen-bond acceptors (Lipinski definition) is 7. The lowest BCUT2D eigenvalue weighted by atomic mass is 9.82. The Morgan fingerprint density at radius 3 is 2.79 bits per heavy atom. The molecule has 34 heavy (non-hydrogen) atoms. The molecule has 6 nitrogen and oxygen atoms in total. The van der Waals surface area contributed by atoms with Crippen LogP contribution in [0.5, 0.6) is 0 Å². The Hall–Kier alpha value is -1.81. The molecule has 1 saturated heterocycles. The molecule has 2 fully saturated rings. The maximum Gasteiger partial charge on any atom is 0.123 e. The Morgan fingerprint density at radius 1 is 1.29 bits per heavy atom. The second-order valence-corrected chi connectivity index (χ2v) is 10.2. The van der Waals surface area contributed by atoms with Crippen LogP contribution in [-0.2, 0) is 4.74 Å². The molecule has 0 aromatic heterocycles. The smallest absolute Gasteiger partial charge is 0.123 e. The van der Waals surface area contributed by atoms with Crippen molar-refractivity contribution >= 4 is 12.1 Å². The Morgan fingerprint density at radius 2 is 2.09 bits per heavy atom. The molecule has 1 heterocycles. The molecule has 1 aromatic rings. The van der Waals surface area contributed by atoms with Gasteiger partial charge in [0, 0.05) is 43.7 Å². The topological polar surface area (TPSA) is 79.8 Å². The second kappa shape index (κ2) is 13.9. The average Bonchev–Trinajstić information content (AvgIpc) is 2.85. The summed E-state index contributed by atoms with van der Waals surface area (Å²) >= 11 is 1.46. The Labute approximate surface area is 207 Å². The van der Waals surface area contributed by atoms with Crippen molar-refractivity contribution in [1.29, 1.82) is 0 Å². The van der Waals surface area contributed by atoms with Crippen LogP contribution in [0, 0.1) is 11.7 Å². The molecule has 2 unspecified atom stereocenters. The van der Waals surface area contributed by atoms with Gasteiger partial charge in [0.1, 0.15) is 12.5 Å². The molecular weight excluding hydrogens is 456 g/mol. The van der Waals surface area contributed by atoms with Crippen LogP contribution in [-0.4, -0.2) is 61.3 Å². The van der Waals surface area contributed by atoms with E-state index in [1.165, 1.54) is 24.4 Å². The van der Waals surface area contributed by atoms with Gasteiger partial charge < -0.3 is 21.1 Å². The number of likely N-dealkylation sites (tertiary alicyclic amines) is 1. The number of hydrogen-bond donors (Lipinski definition) is 3. The standard InChI is InChI=1S/C25H39F2N5OS/c1-31(15-12-26)34-30-24-11-14-32(25(29)6-3-13-28)17-21(24)18-33-23-9-7-19(8-10-23)20-4-2-5-22(27)16-20/h2-6,13,16,19,21,23-24,30H,7-12,14-15,17-18,28-29H2,1H3/b13-3-,25-6+/t19-,21?,23+,24?. The number of nitrogens with one attached hydrogen (secondary N) is 1. The van der Waals surface area contributed by atoms with Crippen LogP contribution in [0.4, 0.5) is 8.78 Å². The first-order valence-electron chi connectivity index (χ1n) is 12.2. The Bertz CT molecular complexity index is 803. The van der Waals surface area contributed by atoms with Crippen molar-refractivity contribution in [2.75, 3.05) is 40.0 Å². The summed E-state index contributed by atoms with van der Waals surface area (Å²) in [6, 6.07) is 7.22. The average molecular weight is 496 g/mol. The van der Waals surface area contributed by atoms with E-state index >= 15 is 0 Å². The zero-order valence-electron chi connectivity index (χ0n) is 20.0. The van der Waals surface area contributed by atoms with Crippen molar-refractivity contribution in [3.05, 3.63) is 59.8 Å². The van der Waals surface area contributed by atoms with Crippen molar-refractivity contribution in [2.45, 2.75) is 50.2 Å². The summed E-state index contributed by atoms with van der Waals surface area (Å²) in [6.45, 7) is 2.26. The van der Waals surface area contributed by atoms with Gasteiger partial charge >= 0.3 is 0 Å². The largest absolute Gasteiger partial charge is 0.405 e. The van der Waals surface area contributed by atoms with E-state index in [4.69, 9.17) is 16.2 Å². The third-order valence-electron chi connectivity index (χ3n) is 6.78. The quantitative estimate of drug-likeness (QED) is 0.318. The molecule has 2 aliphatic rings. The number of alkyl halides is 1.